The summed E-state index contributed by atoms with van der Waals surface area (Å²) in [5, 5.41) is 8.20. The van der Waals surface area contributed by atoms with Crippen molar-refractivity contribution in [1.29, 1.82) is 0 Å². The number of aryl methyl sites for hydroxylation is 1. The maximum Gasteiger partial charge on any atom is 0.316 e. The fourth-order valence-corrected chi connectivity index (χ4v) is 2.87. The van der Waals surface area contributed by atoms with Crippen LogP contribution in [-0.2, 0) is 24.9 Å². The third-order valence-corrected chi connectivity index (χ3v) is 4.59. The maximum atomic E-state index is 10.9. The molecule has 1 unspecified atom stereocenters. The van der Waals surface area contributed by atoms with Gasteiger partial charge in [0.25, 0.3) is 0 Å². The normalized spacial score (nSPS) is 11.7. The molecule has 1 aromatic heterocycles. The molecule has 0 fully saturated rings. The standard InChI is InChI=1S/C19H20N2O4S.ClH/c1-21-16-10-14(24-2)7-8-15(16)20-18(21)11-25-13-5-3-12(4-6-13)9-17(26)19(22)23;/h3-8,10,17,26H,9,11H2,1-2H3,(H,22,23);1H. The second-order valence-electron chi connectivity index (χ2n) is 5.93. The number of rotatable bonds is 7. The topological polar surface area (TPSA) is 73.6 Å². The van der Waals surface area contributed by atoms with Crippen molar-refractivity contribution in [3.63, 3.8) is 0 Å². The minimum atomic E-state index is -0.924. The predicted octanol–water partition coefficient (Wildman–Crippen LogP) is 3.51. The third kappa shape index (κ3) is 4.87. The number of aromatic nitrogens is 2. The van der Waals surface area contributed by atoms with E-state index in [2.05, 4.69) is 17.6 Å². The summed E-state index contributed by atoms with van der Waals surface area (Å²) in [5.41, 5.74) is 2.76. The van der Waals surface area contributed by atoms with Crippen molar-refractivity contribution in [3.05, 3.63) is 53.9 Å². The Hall–Kier alpha value is -2.38. The highest BCUT2D eigenvalue weighted by Crippen LogP contribution is 2.22. The summed E-state index contributed by atoms with van der Waals surface area (Å²) in [7, 11) is 3.58. The second kappa shape index (κ2) is 9.01. The third-order valence-electron chi connectivity index (χ3n) is 4.19. The molecule has 6 nitrogen and oxygen atoms in total. The van der Waals surface area contributed by atoms with Crippen LogP contribution in [0.5, 0.6) is 11.5 Å². The van der Waals surface area contributed by atoms with Gasteiger partial charge in [0, 0.05) is 13.1 Å². The molecule has 1 N–H and O–H groups in total. The molecule has 0 aliphatic rings. The molecule has 0 saturated carbocycles. The SMILES string of the molecule is COc1ccc2nc(COc3ccc(CC(S)C(=O)O)cc3)n(C)c2c1.Cl. The highest BCUT2D eigenvalue weighted by Gasteiger charge is 2.13. The van der Waals surface area contributed by atoms with Gasteiger partial charge in [0.2, 0.25) is 0 Å². The highest BCUT2D eigenvalue weighted by atomic mass is 35.5. The molecule has 3 aromatic rings. The lowest BCUT2D eigenvalue weighted by Crippen LogP contribution is -2.16. The molecule has 0 radical (unpaired) electrons. The Labute approximate surface area is 168 Å². The van der Waals surface area contributed by atoms with Crippen LogP contribution in [0.1, 0.15) is 11.4 Å². The van der Waals surface area contributed by atoms with E-state index < -0.39 is 11.2 Å². The maximum absolute atomic E-state index is 10.9. The van der Waals surface area contributed by atoms with Gasteiger partial charge < -0.3 is 19.1 Å². The molecular weight excluding hydrogens is 388 g/mol. The number of thiol groups is 1. The Kier molecular flexibility index (Phi) is 6.98. The lowest BCUT2D eigenvalue weighted by atomic mass is 10.1. The number of aliphatic carboxylic acids is 1. The number of benzene rings is 2. The highest BCUT2D eigenvalue weighted by molar-refractivity contribution is 7.81. The number of carboxylic acids is 1. The van der Waals surface area contributed by atoms with Crippen molar-refractivity contribution >= 4 is 42.0 Å². The van der Waals surface area contributed by atoms with Gasteiger partial charge >= 0.3 is 5.97 Å². The van der Waals surface area contributed by atoms with Gasteiger partial charge in [-0.05, 0) is 36.2 Å². The van der Waals surface area contributed by atoms with Crippen LogP contribution >= 0.6 is 25.0 Å². The van der Waals surface area contributed by atoms with Gasteiger partial charge in [-0.15, -0.1) is 12.4 Å². The number of nitrogens with zero attached hydrogens (tertiary/aromatic N) is 2. The summed E-state index contributed by atoms with van der Waals surface area (Å²) in [5.74, 6) is 1.36. The summed E-state index contributed by atoms with van der Waals surface area (Å²) < 4.78 is 13.0. The number of carboxylic acid groups (broad SMARTS) is 1. The first-order valence-corrected chi connectivity index (χ1v) is 8.61. The van der Waals surface area contributed by atoms with Crippen LogP contribution in [0, 0.1) is 0 Å². The van der Waals surface area contributed by atoms with E-state index in [0.717, 1.165) is 28.2 Å². The Bertz CT molecular complexity index is 927. The zero-order valence-corrected chi connectivity index (χ0v) is 16.7. The number of imidazole rings is 1. The predicted molar refractivity (Wildman–Crippen MR) is 109 cm³/mol. The van der Waals surface area contributed by atoms with Crippen molar-refractivity contribution in [2.45, 2.75) is 18.3 Å². The quantitative estimate of drug-likeness (QED) is 0.585. The molecule has 1 heterocycles. The molecule has 3 rings (SSSR count). The van der Waals surface area contributed by atoms with E-state index in [1.807, 2.05) is 54.1 Å². The number of hydrogen-bond acceptors (Lipinski definition) is 5. The summed E-state index contributed by atoms with van der Waals surface area (Å²) in [4.78, 5) is 15.4. The van der Waals surface area contributed by atoms with E-state index in [1.165, 1.54) is 0 Å². The Morgan fingerprint density at radius 1 is 1.22 bits per heavy atom. The fourth-order valence-electron chi connectivity index (χ4n) is 2.66. The Morgan fingerprint density at radius 3 is 2.52 bits per heavy atom. The van der Waals surface area contributed by atoms with Crippen molar-refractivity contribution in [1.82, 2.24) is 9.55 Å². The zero-order chi connectivity index (χ0) is 18.7. The van der Waals surface area contributed by atoms with Gasteiger partial charge in [-0.2, -0.15) is 12.6 Å². The lowest BCUT2D eigenvalue weighted by Gasteiger charge is -2.09. The van der Waals surface area contributed by atoms with Gasteiger partial charge in [-0.1, -0.05) is 12.1 Å². The molecule has 0 spiro atoms. The van der Waals surface area contributed by atoms with E-state index in [1.54, 1.807) is 7.11 Å². The molecule has 0 aliphatic heterocycles. The van der Waals surface area contributed by atoms with Gasteiger partial charge in [0.1, 0.15) is 29.2 Å². The molecule has 0 saturated heterocycles. The first kappa shape index (κ1) is 20.9. The van der Waals surface area contributed by atoms with Crippen molar-refractivity contribution in [2.75, 3.05) is 7.11 Å². The van der Waals surface area contributed by atoms with E-state index in [0.29, 0.717) is 18.8 Å². The minimum Gasteiger partial charge on any atom is -0.497 e. The van der Waals surface area contributed by atoms with Gasteiger partial charge in [-0.25, -0.2) is 4.98 Å². The first-order valence-electron chi connectivity index (χ1n) is 8.10. The number of halogens is 1. The number of hydrogen-bond donors (Lipinski definition) is 2. The second-order valence-corrected chi connectivity index (χ2v) is 6.56. The number of carbonyl (C=O) groups is 1. The van der Waals surface area contributed by atoms with Crippen LogP contribution in [0.4, 0.5) is 0 Å². The summed E-state index contributed by atoms with van der Waals surface area (Å²) in [6, 6.07) is 13.1. The minimum absolute atomic E-state index is 0. The van der Waals surface area contributed by atoms with E-state index >= 15 is 0 Å². The van der Waals surface area contributed by atoms with Crippen molar-refractivity contribution < 1.29 is 19.4 Å². The Balaban J connectivity index is 0.00000261. The summed E-state index contributed by atoms with van der Waals surface area (Å²) >= 11 is 4.05. The van der Waals surface area contributed by atoms with Crippen molar-refractivity contribution in [2.24, 2.45) is 7.05 Å². The van der Waals surface area contributed by atoms with E-state index in [9.17, 15) is 4.79 Å². The number of fused-ring (bicyclic) bond motifs is 1. The molecule has 0 amide bonds. The molecule has 1 atom stereocenters. The van der Waals surface area contributed by atoms with Crippen LogP contribution in [0.15, 0.2) is 42.5 Å². The molecule has 0 aliphatic carbocycles. The van der Waals surface area contributed by atoms with Crippen LogP contribution in [-0.4, -0.2) is 33.0 Å². The first-order chi connectivity index (χ1) is 12.5. The average Bonchev–Trinajstić information content (AvgIpc) is 2.96. The fraction of sp³-hybridized carbons (Fsp3) is 0.263. The molecular formula is C19H21ClN2O4S. The smallest absolute Gasteiger partial charge is 0.316 e. The average molecular weight is 409 g/mol. The zero-order valence-electron chi connectivity index (χ0n) is 15.0. The summed E-state index contributed by atoms with van der Waals surface area (Å²) in [6.45, 7) is 0.331. The lowest BCUT2D eigenvalue weighted by molar-refractivity contribution is -0.136. The van der Waals surface area contributed by atoms with Crippen LogP contribution in [0.2, 0.25) is 0 Å². The largest absolute Gasteiger partial charge is 0.497 e. The van der Waals surface area contributed by atoms with Gasteiger partial charge in [0.05, 0.1) is 18.1 Å². The molecule has 8 heteroatoms. The van der Waals surface area contributed by atoms with Crippen molar-refractivity contribution in [3.8, 4) is 11.5 Å². The monoisotopic (exact) mass is 408 g/mol. The molecule has 27 heavy (non-hydrogen) atoms. The summed E-state index contributed by atoms with van der Waals surface area (Å²) in [6.07, 6.45) is 0.366. The molecule has 0 bridgehead atoms. The van der Waals surface area contributed by atoms with Crippen LogP contribution in [0.25, 0.3) is 11.0 Å². The molecule has 2 aromatic carbocycles. The van der Waals surface area contributed by atoms with E-state index in [-0.39, 0.29) is 12.4 Å². The Morgan fingerprint density at radius 2 is 1.89 bits per heavy atom. The number of ether oxygens (including phenoxy) is 2. The molecule has 144 valence electrons. The van der Waals surface area contributed by atoms with Gasteiger partial charge in [-0.3, -0.25) is 4.79 Å². The van der Waals surface area contributed by atoms with Crippen LogP contribution < -0.4 is 9.47 Å². The van der Waals surface area contributed by atoms with E-state index in [4.69, 9.17) is 14.6 Å². The van der Waals surface area contributed by atoms with Gasteiger partial charge in [0.15, 0.2) is 0 Å². The van der Waals surface area contributed by atoms with Crippen LogP contribution in [0.3, 0.4) is 0 Å². The number of methoxy groups -OCH3 is 1.